The van der Waals surface area contributed by atoms with E-state index in [0.29, 0.717) is 5.88 Å². The lowest BCUT2D eigenvalue weighted by molar-refractivity contribution is 0.0672. The van der Waals surface area contributed by atoms with Crippen molar-refractivity contribution in [2.45, 2.75) is 19.3 Å². The molecule has 48 valence electrons. The molecule has 1 nitrogen and oxygen atoms in total. The van der Waals surface area contributed by atoms with Crippen LogP contribution in [0.2, 0.25) is 0 Å². The molecule has 0 unspecified atom stereocenters. The fourth-order valence-electron chi connectivity index (χ4n) is 1.01. The molecule has 0 spiro atoms. The van der Waals surface area contributed by atoms with E-state index in [0.717, 1.165) is 12.8 Å². The molecular formula is C6H11ClO. The molecule has 0 heterocycles. The van der Waals surface area contributed by atoms with Crippen molar-refractivity contribution >= 4 is 11.6 Å². The van der Waals surface area contributed by atoms with Gasteiger partial charge in [0.05, 0.1) is 0 Å². The molecule has 0 bridgehead atoms. The van der Waals surface area contributed by atoms with E-state index in [9.17, 15) is 0 Å². The number of alkyl halides is 1. The third-order valence-corrected chi connectivity index (χ3v) is 2.60. The lowest BCUT2D eigenvalue weighted by Gasteiger charge is -2.38. The predicted molar refractivity (Wildman–Crippen MR) is 34.1 cm³/mol. The van der Waals surface area contributed by atoms with Gasteiger partial charge in [0, 0.05) is 17.9 Å². The lowest BCUT2D eigenvalue weighted by Crippen LogP contribution is -2.34. The number of hydrogen-bond donors (Lipinski definition) is 1. The fraction of sp³-hybridized carbons (Fsp3) is 1.00. The van der Waals surface area contributed by atoms with Crippen LogP contribution in [0.25, 0.3) is 0 Å². The highest BCUT2D eigenvalue weighted by atomic mass is 35.5. The van der Waals surface area contributed by atoms with Crippen LogP contribution in [0.4, 0.5) is 0 Å². The van der Waals surface area contributed by atoms with Gasteiger partial charge in [-0.05, 0) is 12.8 Å². The Morgan fingerprint density at radius 2 is 2.12 bits per heavy atom. The van der Waals surface area contributed by atoms with E-state index < -0.39 is 0 Å². The van der Waals surface area contributed by atoms with Crippen molar-refractivity contribution in [3.05, 3.63) is 0 Å². The number of aliphatic hydroxyl groups is 1. The summed E-state index contributed by atoms with van der Waals surface area (Å²) >= 11 is 5.60. The van der Waals surface area contributed by atoms with Gasteiger partial charge in [-0.3, -0.25) is 0 Å². The van der Waals surface area contributed by atoms with Crippen molar-refractivity contribution in [3.8, 4) is 0 Å². The Bertz CT molecular complexity index is 65.1. The summed E-state index contributed by atoms with van der Waals surface area (Å²) in [4.78, 5) is 0. The van der Waals surface area contributed by atoms with Gasteiger partial charge in [0.1, 0.15) is 0 Å². The fourth-order valence-corrected chi connectivity index (χ4v) is 1.36. The maximum absolute atomic E-state index is 8.75. The first-order chi connectivity index (χ1) is 3.83. The quantitative estimate of drug-likeness (QED) is 0.566. The number of hydrogen-bond acceptors (Lipinski definition) is 1. The molecule has 0 aromatic heterocycles. The number of aliphatic hydroxyl groups excluding tert-OH is 1. The number of halogens is 1. The van der Waals surface area contributed by atoms with Gasteiger partial charge >= 0.3 is 0 Å². The van der Waals surface area contributed by atoms with Crippen LogP contribution in [0, 0.1) is 5.41 Å². The third-order valence-electron chi connectivity index (χ3n) is 2.03. The van der Waals surface area contributed by atoms with Crippen LogP contribution < -0.4 is 0 Å². The Morgan fingerprint density at radius 3 is 2.12 bits per heavy atom. The summed E-state index contributed by atoms with van der Waals surface area (Å²) in [7, 11) is 0. The van der Waals surface area contributed by atoms with Gasteiger partial charge in [0.2, 0.25) is 0 Å². The van der Waals surface area contributed by atoms with Crippen LogP contribution in [-0.4, -0.2) is 17.6 Å². The minimum atomic E-state index is 0.127. The second-order valence-electron chi connectivity index (χ2n) is 2.65. The molecule has 0 atom stereocenters. The van der Waals surface area contributed by atoms with E-state index in [1.54, 1.807) is 0 Å². The highest BCUT2D eigenvalue weighted by Gasteiger charge is 2.34. The smallest absolute Gasteiger partial charge is 0.0498 e. The molecular weight excluding hydrogens is 124 g/mol. The minimum Gasteiger partial charge on any atom is -0.396 e. The Kier molecular flexibility index (Phi) is 1.78. The molecule has 0 aromatic rings. The summed E-state index contributed by atoms with van der Waals surface area (Å²) in [5.41, 5.74) is 0.127. The first kappa shape index (κ1) is 6.37. The molecule has 0 aromatic carbocycles. The monoisotopic (exact) mass is 134 g/mol. The van der Waals surface area contributed by atoms with Gasteiger partial charge in [0.25, 0.3) is 0 Å². The van der Waals surface area contributed by atoms with E-state index in [1.165, 1.54) is 6.42 Å². The summed E-state index contributed by atoms with van der Waals surface area (Å²) in [5.74, 6) is 0.628. The SMILES string of the molecule is OCC1(CCl)CCC1. The van der Waals surface area contributed by atoms with Crippen molar-refractivity contribution in [2.24, 2.45) is 5.41 Å². The van der Waals surface area contributed by atoms with Crippen LogP contribution in [0.5, 0.6) is 0 Å². The standard InChI is InChI=1S/C6H11ClO/c7-4-6(5-8)2-1-3-6/h8H,1-5H2. The van der Waals surface area contributed by atoms with Crippen LogP contribution in [0.3, 0.4) is 0 Å². The summed E-state index contributed by atoms with van der Waals surface area (Å²) < 4.78 is 0. The molecule has 1 aliphatic carbocycles. The van der Waals surface area contributed by atoms with Gasteiger partial charge in [0.15, 0.2) is 0 Å². The molecule has 1 N–H and O–H groups in total. The van der Waals surface area contributed by atoms with Gasteiger partial charge in [-0.25, -0.2) is 0 Å². The van der Waals surface area contributed by atoms with E-state index in [4.69, 9.17) is 16.7 Å². The summed E-state index contributed by atoms with van der Waals surface area (Å²) in [6.45, 7) is 0.274. The van der Waals surface area contributed by atoms with Gasteiger partial charge < -0.3 is 5.11 Å². The third kappa shape index (κ3) is 0.848. The van der Waals surface area contributed by atoms with Gasteiger partial charge in [-0.1, -0.05) is 6.42 Å². The van der Waals surface area contributed by atoms with Crippen LogP contribution in [0.15, 0.2) is 0 Å². The molecule has 1 fully saturated rings. The zero-order chi connectivity index (χ0) is 6.04. The first-order valence-electron chi connectivity index (χ1n) is 3.00. The summed E-state index contributed by atoms with van der Waals surface area (Å²) in [6.07, 6.45) is 3.48. The molecule has 0 radical (unpaired) electrons. The average molecular weight is 135 g/mol. The molecule has 1 saturated carbocycles. The molecule has 0 aliphatic heterocycles. The van der Waals surface area contributed by atoms with Crippen molar-refractivity contribution in [1.29, 1.82) is 0 Å². The molecule has 2 heteroatoms. The van der Waals surface area contributed by atoms with Crippen molar-refractivity contribution in [3.63, 3.8) is 0 Å². The van der Waals surface area contributed by atoms with E-state index in [-0.39, 0.29) is 12.0 Å². The lowest BCUT2D eigenvalue weighted by atomic mass is 9.71. The topological polar surface area (TPSA) is 20.2 Å². The van der Waals surface area contributed by atoms with Gasteiger partial charge in [-0.15, -0.1) is 11.6 Å². The molecule has 0 amide bonds. The van der Waals surface area contributed by atoms with Crippen LogP contribution in [0.1, 0.15) is 19.3 Å². The predicted octanol–water partition coefficient (Wildman–Crippen LogP) is 1.39. The first-order valence-corrected chi connectivity index (χ1v) is 3.53. The maximum Gasteiger partial charge on any atom is 0.0498 e. The summed E-state index contributed by atoms with van der Waals surface area (Å²) in [6, 6.07) is 0. The Balaban J connectivity index is 2.33. The summed E-state index contributed by atoms with van der Waals surface area (Å²) in [5, 5.41) is 8.75. The Morgan fingerprint density at radius 1 is 1.50 bits per heavy atom. The minimum absolute atomic E-state index is 0.127. The highest BCUT2D eigenvalue weighted by Crippen LogP contribution is 2.40. The number of rotatable bonds is 2. The van der Waals surface area contributed by atoms with Crippen LogP contribution in [-0.2, 0) is 0 Å². The maximum atomic E-state index is 8.75. The van der Waals surface area contributed by atoms with E-state index in [1.807, 2.05) is 0 Å². The van der Waals surface area contributed by atoms with Crippen molar-refractivity contribution in [2.75, 3.05) is 12.5 Å². The normalized spacial score (nSPS) is 24.8. The molecule has 1 aliphatic rings. The van der Waals surface area contributed by atoms with E-state index >= 15 is 0 Å². The van der Waals surface area contributed by atoms with Crippen LogP contribution >= 0.6 is 11.6 Å². The second kappa shape index (κ2) is 2.24. The second-order valence-corrected chi connectivity index (χ2v) is 2.91. The Hall–Kier alpha value is 0.250. The van der Waals surface area contributed by atoms with Crippen molar-refractivity contribution in [1.82, 2.24) is 0 Å². The molecule has 0 saturated heterocycles. The zero-order valence-electron chi connectivity index (χ0n) is 4.86. The molecule has 8 heavy (non-hydrogen) atoms. The largest absolute Gasteiger partial charge is 0.396 e. The Labute approximate surface area is 54.7 Å². The average Bonchev–Trinajstić information content (AvgIpc) is 1.67. The zero-order valence-corrected chi connectivity index (χ0v) is 5.62. The van der Waals surface area contributed by atoms with Gasteiger partial charge in [-0.2, -0.15) is 0 Å². The van der Waals surface area contributed by atoms with Crippen molar-refractivity contribution < 1.29 is 5.11 Å². The highest BCUT2D eigenvalue weighted by molar-refractivity contribution is 6.18. The van der Waals surface area contributed by atoms with E-state index in [2.05, 4.69) is 0 Å². The molecule has 1 rings (SSSR count).